The van der Waals surface area contributed by atoms with Crippen LogP contribution in [0.25, 0.3) is 0 Å². The normalized spacial score (nSPS) is 50.6. The molecule has 0 radical (unpaired) electrons. The minimum atomic E-state index is -0.145. The van der Waals surface area contributed by atoms with Gasteiger partial charge in [-0.1, -0.05) is 25.5 Å². The van der Waals surface area contributed by atoms with Gasteiger partial charge in [0, 0.05) is 18.5 Å². The Bertz CT molecular complexity index is 654. The van der Waals surface area contributed by atoms with Gasteiger partial charge in [-0.25, -0.2) is 0 Å². The summed E-state index contributed by atoms with van der Waals surface area (Å²) in [4.78, 5) is 15.9. The van der Waals surface area contributed by atoms with Crippen LogP contribution >= 0.6 is 0 Å². The summed E-state index contributed by atoms with van der Waals surface area (Å²) >= 11 is 0. The molecule has 5 rings (SSSR count). The van der Waals surface area contributed by atoms with E-state index in [0.717, 1.165) is 64.8 Å². The first-order valence-corrected chi connectivity index (χ1v) is 11.2. The largest absolute Gasteiger partial charge is 0.393 e. The van der Waals surface area contributed by atoms with E-state index in [0.29, 0.717) is 23.5 Å². The van der Waals surface area contributed by atoms with Gasteiger partial charge < -0.3 is 9.84 Å². The third-order valence-corrected chi connectivity index (χ3v) is 9.30. The van der Waals surface area contributed by atoms with Crippen molar-refractivity contribution in [1.29, 1.82) is 0 Å². The first kappa shape index (κ1) is 18.3. The average molecular weight is 374 g/mol. The quantitative estimate of drug-likeness (QED) is 0.717. The van der Waals surface area contributed by atoms with Gasteiger partial charge in [0.15, 0.2) is 5.78 Å². The van der Waals surface area contributed by atoms with Gasteiger partial charge in [0.2, 0.25) is 0 Å². The zero-order valence-electron chi connectivity index (χ0n) is 17.0. The maximum absolute atomic E-state index is 13.5. The molecule has 0 unspecified atom stereocenters. The van der Waals surface area contributed by atoms with E-state index in [4.69, 9.17) is 4.74 Å². The van der Waals surface area contributed by atoms with Gasteiger partial charge in [-0.05, 0) is 68.1 Å². The fourth-order valence-electron chi connectivity index (χ4n) is 7.63. The van der Waals surface area contributed by atoms with Gasteiger partial charge in [0.05, 0.1) is 25.4 Å². The lowest BCUT2D eigenvalue weighted by molar-refractivity contribution is -0.136. The number of fused-ring (bicyclic) bond motifs is 5. The fraction of sp³-hybridized carbons (Fsp3) is 0.870. The van der Waals surface area contributed by atoms with Crippen molar-refractivity contribution in [2.24, 2.45) is 28.6 Å². The van der Waals surface area contributed by atoms with E-state index in [1.165, 1.54) is 12.0 Å². The Hall–Kier alpha value is -0.710. The molecule has 3 saturated carbocycles. The molecule has 4 fully saturated rings. The minimum absolute atomic E-state index is 0.119. The number of aliphatic hydroxyl groups is 1. The van der Waals surface area contributed by atoms with E-state index in [1.54, 1.807) is 0 Å². The molecule has 0 aromatic heterocycles. The van der Waals surface area contributed by atoms with Crippen molar-refractivity contribution in [3.63, 3.8) is 0 Å². The summed E-state index contributed by atoms with van der Waals surface area (Å²) in [6, 6.07) is 0.119. The third-order valence-electron chi connectivity index (χ3n) is 9.30. The number of carbonyl (C=O) groups excluding carboxylic acids is 1. The molecule has 0 aromatic carbocycles. The van der Waals surface area contributed by atoms with E-state index in [1.807, 2.05) is 0 Å². The Morgan fingerprint density at radius 1 is 1.11 bits per heavy atom. The topological polar surface area (TPSA) is 49.8 Å². The van der Waals surface area contributed by atoms with Crippen molar-refractivity contribution >= 4 is 5.78 Å². The number of aliphatic hydroxyl groups excluding tert-OH is 1. The molecular formula is C23H35NO3. The Morgan fingerprint density at radius 3 is 2.63 bits per heavy atom. The van der Waals surface area contributed by atoms with Crippen LogP contribution in [-0.4, -0.2) is 54.2 Å². The van der Waals surface area contributed by atoms with Gasteiger partial charge in [-0.3, -0.25) is 9.69 Å². The highest BCUT2D eigenvalue weighted by molar-refractivity contribution is 5.92. The number of allylic oxidation sites excluding steroid dienone is 1. The van der Waals surface area contributed by atoms with E-state index < -0.39 is 0 Å². The van der Waals surface area contributed by atoms with Crippen LogP contribution in [0.1, 0.15) is 58.8 Å². The number of hydrogen-bond acceptors (Lipinski definition) is 4. The average Bonchev–Trinajstić information content (AvgIpc) is 2.94. The molecular weight excluding hydrogens is 338 g/mol. The lowest BCUT2D eigenvalue weighted by Gasteiger charge is -2.56. The maximum atomic E-state index is 13.5. The summed E-state index contributed by atoms with van der Waals surface area (Å²) in [6.45, 7) is 8.09. The van der Waals surface area contributed by atoms with Crippen molar-refractivity contribution in [3.05, 3.63) is 11.6 Å². The summed E-state index contributed by atoms with van der Waals surface area (Å²) in [5, 5.41) is 10.2. The molecule has 0 bridgehead atoms. The molecule has 150 valence electrons. The lowest BCUT2D eigenvalue weighted by atomic mass is 9.48. The first-order chi connectivity index (χ1) is 12.9. The highest BCUT2D eigenvalue weighted by atomic mass is 16.5. The summed E-state index contributed by atoms with van der Waals surface area (Å²) in [7, 11) is 0. The second kappa shape index (κ2) is 6.40. The van der Waals surface area contributed by atoms with Crippen molar-refractivity contribution in [2.45, 2.75) is 70.9 Å². The number of hydrogen-bond donors (Lipinski definition) is 1. The lowest BCUT2D eigenvalue weighted by Crippen LogP contribution is -2.51. The SMILES string of the molecule is C[C@]12CC[C@H](O)CC1=CC[C@@H]1[C@@H]2CC[C@]2(C)C(=O)[C@@H](N3CCOCC3)C[C@@H]12. The Morgan fingerprint density at radius 2 is 1.85 bits per heavy atom. The van der Waals surface area contributed by atoms with Gasteiger partial charge in [0.25, 0.3) is 0 Å². The molecule has 4 heteroatoms. The summed E-state index contributed by atoms with van der Waals surface area (Å²) in [6.07, 6.45) is 9.66. The summed E-state index contributed by atoms with van der Waals surface area (Å²) in [5.41, 5.74) is 1.64. The van der Waals surface area contributed by atoms with Crippen LogP contribution in [0.3, 0.4) is 0 Å². The van der Waals surface area contributed by atoms with Crippen LogP contribution in [0.4, 0.5) is 0 Å². The van der Waals surface area contributed by atoms with Gasteiger partial charge in [-0.2, -0.15) is 0 Å². The number of carbonyl (C=O) groups is 1. The van der Waals surface area contributed by atoms with Crippen molar-refractivity contribution in [1.82, 2.24) is 4.90 Å². The van der Waals surface area contributed by atoms with Crippen molar-refractivity contribution in [2.75, 3.05) is 26.3 Å². The predicted octanol–water partition coefficient (Wildman–Crippen LogP) is 3.19. The van der Waals surface area contributed by atoms with Gasteiger partial charge in [0.1, 0.15) is 0 Å². The molecule has 1 saturated heterocycles. The zero-order valence-corrected chi connectivity index (χ0v) is 17.0. The zero-order chi connectivity index (χ0) is 18.8. The second-order valence-electron chi connectivity index (χ2n) is 10.4. The number of rotatable bonds is 1. The number of ether oxygens (including phenoxy) is 1. The smallest absolute Gasteiger partial charge is 0.156 e. The highest BCUT2D eigenvalue weighted by Crippen LogP contribution is 2.64. The van der Waals surface area contributed by atoms with Gasteiger partial charge in [-0.15, -0.1) is 0 Å². The molecule has 5 aliphatic rings. The third kappa shape index (κ3) is 2.63. The Labute approximate surface area is 163 Å². The van der Waals surface area contributed by atoms with Gasteiger partial charge >= 0.3 is 0 Å². The van der Waals surface area contributed by atoms with Crippen LogP contribution in [-0.2, 0) is 9.53 Å². The van der Waals surface area contributed by atoms with E-state index in [-0.39, 0.29) is 23.0 Å². The first-order valence-electron chi connectivity index (χ1n) is 11.2. The summed E-state index contributed by atoms with van der Waals surface area (Å²) < 4.78 is 5.52. The fourth-order valence-corrected chi connectivity index (χ4v) is 7.63. The summed E-state index contributed by atoms with van der Waals surface area (Å²) in [5.74, 6) is 2.38. The monoisotopic (exact) mass is 373 g/mol. The predicted molar refractivity (Wildman–Crippen MR) is 104 cm³/mol. The van der Waals surface area contributed by atoms with Crippen LogP contribution < -0.4 is 0 Å². The number of morpholine rings is 1. The molecule has 27 heavy (non-hydrogen) atoms. The van der Waals surface area contributed by atoms with Crippen molar-refractivity contribution in [3.8, 4) is 0 Å². The molecule has 0 aromatic rings. The molecule has 4 aliphatic carbocycles. The standard InChI is InChI=1S/C23H35NO3/c1-22-7-5-16(25)13-15(22)3-4-17-18(22)6-8-23(2)19(17)14-20(21(23)26)24-9-11-27-12-10-24/h3,16-20,25H,4-14H2,1-2H3/t16-,17+,18-,19-,20-,22-,23-/m0/s1. The van der Waals surface area contributed by atoms with Crippen LogP contribution in [0, 0.1) is 28.6 Å². The molecule has 7 atom stereocenters. The van der Waals surface area contributed by atoms with Crippen LogP contribution in [0.2, 0.25) is 0 Å². The maximum Gasteiger partial charge on any atom is 0.156 e. The molecule has 4 nitrogen and oxygen atoms in total. The van der Waals surface area contributed by atoms with Crippen LogP contribution in [0.15, 0.2) is 11.6 Å². The molecule has 0 amide bonds. The highest BCUT2D eigenvalue weighted by Gasteiger charge is 2.61. The molecule has 1 aliphatic heterocycles. The van der Waals surface area contributed by atoms with E-state index in [9.17, 15) is 9.90 Å². The molecule has 1 heterocycles. The second-order valence-corrected chi connectivity index (χ2v) is 10.4. The number of ketones is 1. The van der Waals surface area contributed by atoms with Crippen LogP contribution in [0.5, 0.6) is 0 Å². The molecule has 0 spiro atoms. The van der Waals surface area contributed by atoms with E-state index >= 15 is 0 Å². The minimum Gasteiger partial charge on any atom is -0.393 e. The molecule has 1 N–H and O–H groups in total. The Balaban J connectivity index is 1.43. The van der Waals surface area contributed by atoms with Crippen molar-refractivity contribution < 1.29 is 14.6 Å². The Kier molecular flexibility index (Phi) is 4.34. The van der Waals surface area contributed by atoms with E-state index in [2.05, 4.69) is 24.8 Å². The number of nitrogens with zero attached hydrogens (tertiary/aromatic N) is 1. The number of Topliss-reactive ketones (excluding diaryl/α,β-unsaturated/α-hetero) is 1.